The fourth-order valence-electron chi connectivity index (χ4n) is 4.47. The van der Waals surface area contributed by atoms with E-state index in [1.807, 2.05) is 0 Å². The van der Waals surface area contributed by atoms with Crippen molar-refractivity contribution in [1.29, 1.82) is 0 Å². The van der Waals surface area contributed by atoms with Gasteiger partial charge in [0.25, 0.3) is 0 Å². The molecular weight excluding hydrogens is 404 g/mol. The van der Waals surface area contributed by atoms with Gasteiger partial charge < -0.3 is 0 Å². The van der Waals surface area contributed by atoms with Crippen LogP contribution in [-0.4, -0.2) is 0 Å². The molecule has 0 nitrogen and oxygen atoms in total. The predicted molar refractivity (Wildman–Crippen MR) is 123 cm³/mol. The van der Waals surface area contributed by atoms with Crippen LogP contribution >= 0.6 is 15.9 Å². The molecule has 0 unspecified atom stereocenters. The van der Waals surface area contributed by atoms with Crippen LogP contribution in [-0.2, 0) is 5.41 Å². The fraction of sp³-hybridized carbons (Fsp3) is 0.111. The number of benzene rings is 4. The molecule has 28 heavy (non-hydrogen) atoms. The molecule has 4 aromatic rings. The van der Waals surface area contributed by atoms with Crippen LogP contribution in [0.3, 0.4) is 0 Å². The van der Waals surface area contributed by atoms with E-state index < -0.39 is 0 Å². The lowest BCUT2D eigenvalue weighted by atomic mass is 9.80. The lowest BCUT2D eigenvalue weighted by molar-refractivity contribution is 0.660. The molecule has 0 radical (unpaired) electrons. The van der Waals surface area contributed by atoms with Gasteiger partial charge in [0.2, 0.25) is 0 Å². The molecule has 0 fully saturated rings. The molecule has 1 heteroatoms. The number of fused-ring (bicyclic) bond motifs is 3. The zero-order valence-electron chi connectivity index (χ0n) is 16.0. The summed E-state index contributed by atoms with van der Waals surface area (Å²) in [5.41, 5.74) is 10.7. The van der Waals surface area contributed by atoms with Crippen LogP contribution < -0.4 is 0 Å². The van der Waals surface area contributed by atoms with Gasteiger partial charge in [0.15, 0.2) is 0 Å². The first-order chi connectivity index (χ1) is 13.6. The highest BCUT2D eigenvalue weighted by atomic mass is 79.9. The maximum Gasteiger partial charge on any atom is 0.0175 e. The Balaban J connectivity index is 1.85. The quantitative estimate of drug-likeness (QED) is 0.304. The highest BCUT2D eigenvalue weighted by Crippen LogP contribution is 2.53. The van der Waals surface area contributed by atoms with Gasteiger partial charge in [-0.1, -0.05) is 96.5 Å². The van der Waals surface area contributed by atoms with Crippen molar-refractivity contribution in [3.63, 3.8) is 0 Å². The summed E-state index contributed by atoms with van der Waals surface area (Å²) in [6.07, 6.45) is 0. The highest BCUT2D eigenvalue weighted by Gasteiger charge is 2.37. The Morgan fingerprint density at radius 3 is 2.00 bits per heavy atom. The minimum Gasteiger partial charge on any atom is -0.0622 e. The van der Waals surface area contributed by atoms with Gasteiger partial charge in [-0.25, -0.2) is 0 Å². The fourth-order valence-corrected chi connectivity index (χ4v) is 4.74. The molecule has 5 rings (SSSR count). The molecule has 0 N–H and O–H groups in total. The Morgan fingerprint density at radius 1 is 0.571 bits per heavy atom. The number of rotatable bonds is 2. The van der Waals surface area contributed by atoms with Gasteiger partial charge in [-0.2, -0.15) is 0 Å². The predicted octanol–water partition coefficient (Wildman–Crippen LogP) is 8.09. The maximum absolute atomic E-state index is 3.56. The highest BCUT2D eigenvalue weighted by molar-refractivity contribution is 9.10. The molecule has 0 aromatic heterocycles. The van der Waals surface area contributed by atoms with E-state index in [9.17, 15) is 0 Å². The molecule has 0 saturated carbocycles. The minimum absolute atomic E-state index is 0.0131. The molecule has 0 atom stereocenters. The van der Waals surface area contributed by atoms with Crippen molar-refractivity contribution in [2.24, 2.45) is 0 Å². The molecule has 0 spiro atoms. The van der Waals surface area contributed by atoms with Crippen LogP contribution in [0, 0.1) is 0 Å². The van der Waals surface area contributed by atoms with Gasteiger partial charge in [0.1, 0.15) is 0 Å². The maximum atomic E-state index is 3.56. The van der Waals surface area contributed by atoms with Crippen molar-refractivity contribution in [2.45, 2.75) is 19.3 Å². The van der Waals surface area contributed by atoms with E-state index in [2.05, 4.69) is 121 Å². The van der Waals surface area contributed by atoms with Crippen LogP contribution in [0.25, 0.3) is 33.4 Å². The molecule has 0 amide bonds. The zero-order chi connectivity index (χ0) is 19.3. The first-order valence-electron chi connectivity index (χ1n) is 9.65. The van der Waals surface area contributed by atoms with Gasteiger partial charge >= 0.3 is 0 Å². The van der Waals surface area contributed by atoms with Crippen molar-refractivity contribution < 1.29 is 0 Å². The summed E-state index contributed by atoms with van der Waals surface area (Å²) in [6, 6.07) is 33.0. The molecular formula is C27H21Br. The third-order valence-electron chi connectivity index (χ3n) is 5.94. The Bertz CT molecular complexity index is 1170. The lowest BCUT2D eigenvalue weighted by Crippen LogP contribution is -2.15. The Hall–Kier alpha value is -2.64. The summed E-state index contributed by atoms with van der Waals surface area (Å²) in [6.45, 7) is 4.69. The summed E-state index contributed by atoms with van der Waals surface area (Å²) in [4.78, 5) is 0. The van der Waals surface area contributed by atoms with Crippen LogP contribution in [0.15, 0.2) is 95.5 Å². The van der Waals surface area contributed by atoms with Gasteiger partial charge in [0.05, 0.1) is 0 Å². The average molecular weight is 425 g/mol. The molecule has 0 bridgehead atoms. The van der Waals surface area contributed by atoms with Crippen LogP contribution in [0.2, 0.25) is 0 Å². The summed E-state index contributed by atoms with van der Waals surface area (Å²) in [7, 11) is 0. The second-order valence-electron chi connectivity index (χ2n) is 7.99. The third-order valence-corrected chi connectivity index (χ3v) is 6.47. The van der Waals surface area contributed by atoms with E-state index in [1.165, 1.54) is 44.5 Å². The van der Waals surface area contributed by atoms with Crippen molar-refractivity contribution in [3.8, 4) is 33.4 Å². The Morgan fingerprint density at radius 2 is 1.25 bits per heavy atom. The van der Waals surface area contributed by atoms with Crippen molar-refractivity contribution in [3.05, 3.63) is 107 Å². The zero-order valence-corrected chi connectivity index (χ0v) is 17.6. The second kappa shape index (κ2) is 6.46. The normalized spacial score (nSPS) is 13.8. The van der Waals surface area contributed by atoms with Crippen molar-refractivity contribution in [2.75, 3.05) is 0 Å². The first-order valence-corrected chi connectivity index (χ1v) is 10.4. The average Bonchev–Trinajstić information content (AvgIpc) is 2.96. The van der Waals surface area contributed by atoms with E-state index in [0.717, 1.165) is 4.47 Å². The minimum atomic E-state index is -0.0131. The Kier molecular flexibility index (Phi) is 4.03. The van der Waals surface area contributed by atoms with Crippen molar-refractivity contribution >= 4 is 15.9 Å². The smallest absolute Gasteiger partial charge is 0.0175 e. The van der Waals surface area contributed by atoms with E-state index in [0.29, 0.717) is 0 Å². The van der Waals surface area contributed by atoms with Crippen LogP contribution in [0.5, 0.6) is 0 Å². The molecule has 0 heterocycles. The second-order valence-corrected chi connectivity index (χ2v) is 8.91. The van der Waals surface area contributed by atoms with E-state index in [-0.39, 0.29) is 5.41 Å². The van der Waals surface area contributed by atoms with Gasteiger partial charge in [-0.05, 0) is 68.8 Å². The number of hydrogen-bond donors (Lipinski definition) is 0. The van der Waals surface area contributed by atoms with Crippen molar-refractivity contribution in [1.82, 2.24) is 0 Å². The first kappa shape index (κ1) is 17.5. The van der Waals surface area contributed by atoms with Crippen LogP contribution in [0.4, 0.5) is 0 Å². The number of hydrogen-bond acceptors (Lipinski definition) is 0. The van der Waals surface area contributed by atoms with Gasteiger partial charge in [-0.15, -0.1) is 0 Å². The SMILES string of the molecule is CC1(C)c2ccccc2-c2c(-c3ccccc3)cc(-c3ccc(Br)cc3)cc21. The molecule has 136 valence electrons. The molecule has 1 aliphatic carbocycles. The van der Waals surface area contributed by atoms with E-state index >= 15 is 0 Å². The van der Waals surface area contributed by atoms with Gasteiger partial charge in [0, 0.05) is 9.89 Å². The van der Waals surface area contributed by atoms with E-state index in [1.54, 1.807) is 0 Å². The van der Waals surface area contributed by atoms with Gasteiger partial charge in [-0.3, -0.25) is 0 Å². The summed E-state index contributed by atoms with van der Waals surface area (Å²) in [5.74, 6) is 0. The summed E-state index contributed by atoms with van der Waals surface area (Å²) in [5, 5.41) is 0. The molecule has 1 aliphatic rings. The standard InChI is InChI=1S/C27H21Br/c1-27(2)24-11-7-6-10-22(24)26-23(19-8-4-3-5-9-19)16-20(17-25(26)27)18-12-14-21(28)15-13-18/h3-17H,1-2H3. The molecule has 4 aromatic carbocycles. The number of halogens is 1. The topological polar surface area (TPSA) is 0 Å². The lowest BCUT2D eigenvalue weighted by Gasteiger charge is -2.23. The molecule has 0 saturated heterocycles. The van der Waals surface area contributed by atoms with Crippen LogP contribution in [0.1, 0.15) is 25.0 Å². The summed E-state index contributed by atoms with van der Waals surface area (Å²) < 4.78 is 1.11. The van der Waals surface area contributed by atoms with E-state index in [4.69, 9.17) is 0 Å². The largest absolute Gasteiger partial charge is 0.0622 e. The monoisotopic (exact) mass is 424 g/mol. The Labute approximate surface area is 175 Å². The molecule has 0 aliphatic heterocycles. The summed E-state index contributed by atoms with van der Waals surface area (Å²) >= 11 is 3.56. The third kappa shape index (κ3) is 2.65.